The van der Waals surface area contributed by atoms with Crippen LogP contribution < -0.4 is 0 Å². The Morgan fingerprint density at radius 3 is 2.69 bits per heavy atom. The Bertz CT molecular complexity index is 598. The van der Waals surface area contributed by atoms with Gasteiger partial charge in [-0.15, -0.1) is 0 Å². The number of hydrogen-bond acceptors (Lipinski definition) is 2. The van der Waals surface area contributed by atoms with E-state index in [4.69, 9.17) is 12.2 Å². The Morgan fingerprint density at radius 1 is 1.25 bits per heavy atom. The third-order valence-electron chi connectivity index (χ3n) is 1.96. The minimum atomic E-state index is -0.942. The van der Waals surface area contributed by atoms with E-state index >= 15 is 0 Å². The van der Waals surface area contributed by atoms with Gasteiger partial charge in [0, 0.05) is 11.8 Å². The van der Waals surface area contributed by atoms with Crippen LogP contribution in [0, 0.1) is 16.3 Å². The maximum atomic E-state index is 13.3. The second-order valence-corrected chi connectivity index (χ2v) is 4.24. The van der Waals surface area contributed by atoms with Crippen molar-refractivity contribution >= 4 is 28.1 Å². The van der Waals surface area contributed by atoms with Gasteiger partial charge in [0.1, 0.15) is 10.5 Å². The first-order valence-electron chi connectivity index (χ1n) is 4.29. The Balaban J connectivity index is 2.66. The lowest BCUT2D eigenvalue weighted by molar-refractivity contribution is 0.504. The number of aromatic nitrogens is 2. The third-order valence-corrected chi connectivity index (χ3v) is 2.97. The quantitative estimate of drug-likeness (QED) is 0.640. The van der Waals surface area contributed by atoms with E-state index in [1.54, 1.807) is 6.07 Å². The van der Waals surface area contributed by atoms with E-state index in [-0.39, 0.29) is 4.47 Å². The number of hydrogen-bond donors (Lipinski definition) is 1. The second kappa shape index (κ2) is 4.39. The monoisotopic (exact) mass is 302 g/mol. The van der Waals surface area contributed by atoms with E-state index in [0.29, 0.717) is 16.0 Å². The van der Waals surface area contributed by atoms with Crippen LogP contribution in [-0.2, 0) is 0 Å². The van der Waals surface area contributed by atoms with Gasteiger partial charge in [0.05, 0.1) is 4.47 Å². The molecule has 0 radical (unpaired) electrons. The van der Waals surface area contributed by atoms with Crippen molar-refractivity contribution in [2.75, 3.05) is 0 Å². The molecule has 0 aliphatic carbocycles. The summed E-state index contributed by atoms with van der Waals surface area (Å²) in [5.74, 6) is -1.47. The third kappa shape index (κ3) is 2.03. The lowest BCUT2D eigenvalue weighted by atomic mass is 10.2. The highest BCUT2D eigenvalue weighted by molar-refractivity contribution is 9.10. The molecule has 1 N–H and O–H groups in total. The van der Waals surface area contributed by atoms with Crippen molar-refractivity contribution in [2.45, 2.75) is 0 Å². The van der Waals surface area contributed by atoms with Gasteiger partial charge in [-0.25, -0.2) is 13.8 Å². The lowest BCUT2D eigenvalue weighted by Crippen LogP contribution is -1.93. The smallest absolute Gasteiger partial charge is 0.173 e. The molecular formula is C10H5BrF2N2S. The molecule has 0 aliphatic rings. The summed E-state index contributed by atoms with van der Waals surface area (Å²) in [6.45, 7) is 0. The summed E-state index contributed by atoms with van der Waals surface area (Å²) in [6.07, 6.45) is 1.50. The van der Waals surface area contributed by atoms with Gasteiger partial charge in [0.25, 0.3) is 0 Å². The zero-order valence-corrected chi connectivity index (χ0v) is 10.2. The van der Waals surface area contributed by atoms with Crippen LogP contribution in [0.1, 0.15) is 0 Å². The number of aromatic amines is 1. The molecule has 2 aromatic rings. The van der Waals surface area contributed by atoms with Gasteiger partial charge < -0.3 is 4.98 Å². The topological polar surface area (TPSA) is 28.7 Å². The molecule has 0 bridgehead atoms. The summed E-state index contributed by atoms with van der Waals surface area (Å²) in [5, 5.41) is 0. The fraction of sp³-hybridized carbons (Fsp3) is 0. The van der Waals surface area contributed by atoms with Crippen LogP contribution in [0.15, 0.2) is 28.9 Å². The Hall–Kier alpha value is -1.14. The number of nitrogens with one attached hydrogen (secondary N) is 1. The molecule has 2 rings (SSSR count). The van der Waals surface area contributed by atoms with E-state index in [9.17, 15) is 8.78 Å². The number of halogens is 3. The van der Waals surface area contributed by atoms with Crippen molar-refractivity contribution < 1.29 is 8.78 Å². The zero-order chi connectivity index (χ0) is 11.7. The molecule has 0 atom stereocenters. The van der Waals surface area contributed by atoms with Crippen molar-refractivity contribution in [1.82, 2.24) is 9.97 Å². The predicted molar refractivity (Wildman–Crippen MR) is 62.5 cm³/mol. The molecule has 1 aromatic carbocycles. The molecule has 0 amide bonds. The summed E-state index contributed by atoms with van der Waals surface area (Å²) < 4.78 is 26.7. The fourth-order valence-electron chi connectivity index (χ4n) is 1.22. The maximum Gasteiger partial charge on any atom is 0.173 e. The fourth-order valence-corrected chi connectivity index (χ4v) is 1.88. The van der Waals surface area contributed by atoms with E-state index < -0.39 is 11.6 Å². The number of H-pyrrole nitrogens is 1. The van der Waals surface area contributed by atoms with E-state index in [2.05, 4.69) is 25.9 Å². The molecule has 1 heterocycles. The highest BCUT2D eigenvalue weighted by Crippen LogP contribution is 2.29. The Kier molecular flexibility index (Phi) is 3.11. The number of benzene rings is 1. The van der Waals surface area contributed by atoms with Gasteiger partial charge in [-0.3, -0.25) is 0 Å². The molecule has 1 aromatic heterocycles. The van der Waals surface area contributed by atoms with Crippen LogP contribution in [0.3, 0.4) is 0 Å². The maximum absolute atomic E-state index is 13.3. The molecule has 0 aliphatic heterocycles. The Labute approximate surface area is 103 Å². The van der Waals surface area contributed by atoms with Crippen molar-refractivity contribution in [3.63, 3.8) is 0 Å². The van der Waals surface area contributed by atoms with Crippen LogP contribution in [0.25, 0.3) is 11.4 Å². The molecule has 2 nitrogen and oxygen atoms in total. The van der Waals surface area contributed by atoms with Crippen LogP contribution in [-0.4, -0.2) is 9.97 Å². The number of rotatable bonds is 1. The van der Waals surface area contributed by atoms with Crippen molar-refractivity contribution in [1.29, 1.82) is 0 Å². The molecule has 0 saturated carbocycles. The second-order valence-electron chi connectivity index (χ2n) is 3.01. The Morgan fingerprint density at radius 2 is 2.00 bits per heavy atom. The average molecular weight is 303 g/mol. The summed E-state index contributed by atoms with van der Waals surface area (Å²) in [6, 6.07) is 4.07. The molecular weight excluding hydrogens is 298 g/mol. The van der Waals surface area contributed by atoms with E-state index in [0.717, 1.165) is 6.07 Å². The largest absolute Gasteiger partial charge is 0.331 e. The summed E-state index contributed by atoms with van der Waals surface area (Å²) >= 11 is 7.91. The first kappa shape index (κ1) is 11.3. The molecule has 6 heteroatoms. The van der Waals surface area contributed by atoms with Crippen LogP contribution in [0.4, 0.5) is 8.78 Å². The molecule has 0 fully saturated rings. The van der Waals surface area contributed by atoms with Gasteiger partial charge in [0.2, 0.25) is 0 Å². The van der Waals surface area contributed by atoms with Crippen molar-refractivity contribution in [3.8, 4) is 11.4 Å². The van der Waals surface area contributed by atoms with E-state index in [1.807, 2.05) is 0 Å². The first-order valence-corrected chi connectivity index (χ1v) is 5.49. The molecule has 82 valence electrons. The normalized spacial score (nSPS) is 10.4. The molecule has 0 saturated heterocycles. The van der Waals surface area contributed by atoms with Crippen LogP contribution in [0.5, 0.6) is 0 Å². The summed E-state index contributed by atoms with van der Waals surface area (Å²) in [4.78, 5) is 6.80. The first-order chi connectivity index (χ1) is 7.59. The van der Waals surface area contributed by atoms with Crippen molar-refractivity contribution in [3.05, 3.63) is 45.1 Å². The lowest BCUT2D eigenvalue weighted by Gasteiger charge is -2.05. The van der Waals surface area contributed by atoms with Crippen molar-refractivity contribution in [2.24, 2.45) is 0 Å². The minimum Gasteiger partial charge on any atom is -0.331 e. The minimum absolute atomic E-state index is 0.0249. The van der Waals surface area contributed by atoms with Gasteiger partial charge >= 0.3 is 0 Å². The van der Waals surface area contributed by atoms with Gasteiger partial charge in [-0.1, -0.05) is 12.2 Å². The van der Waals surface area contributed by atoms with Crippen LogP contribution in [0.2, 0.25) is 0 Å². The molecule has 0 unspecified atom stereocenters. The highest BCUT2D eigenvalue weighted by Gasteiger charge is 2.13. The molecule has 0 spiro atoms. The zero-order valence-electron chi connectivity index (χ0n) is 7.80. The summed E-state index contributed by atoms with van der Waals surface area (Å²) in [7, 11) is 0. The predicted octanol–water partition coefficient (Wildman–Crippen LogP) is 3.85. The molecule has 16 heavy (non-hydrogen) atoms. The van der Waals surface area contributed by atoms with Gasteiger partial charge in [-0.05, 0) is 34.1 Å². The highest BCUT2D eigenvalue weighted by atomic mass is 79.9. The van der Waals surface area contributed by atoms with E-state index in [1.165, 1.54) is 12.3 Å². The standard InChI is InChI=1S/C10H5BrF2N2S/c11-8-5(1-2-6(12)9(8)13)10-14-4-3-7(16)15-10/h1-4H,(H,14,15,16). The average Bonchev–Trinajstić information content (AvgIpc) is 2.26. The summed E-state index contributed by atoms with van der Waals surface area (Å²) in [5.41, 5.74) is 0.422. The SMILES string of the molecule is Fc1ccc(-c2nccc(=S)[nH]2)c(Br)c1F. The van der Waals surface area contributed by atoms with Gasteiger partial charge in [0.15, 0.2) is 11.6 Å². The number of nitrogens with zero attached hydrogens (tertiary/aromatic N) is 1. The van der Waals surface area contributed by atoms with Crippen LogP contribution >= 0.6 is 28.1 Å². The van der Waals surface area contributed by atoms with Gasteiger partial charge in [-0.2, -0.15) is 0 Å².